The molecule has 19 heavy (non-hydrogen) atoms. The van der Waals surface area contributed by atoms with Crippen LogP contribution in [0.3, 0.4) is 0 Å². The first-order valence-electron chi connectivity index (χ1n) is 6.19. The Morgan fingerprint density at radius 3 is 2.74 bits per heavy atom. The molecular weight excluding hydrogens is 250 g/mol. The van der Waals surface area contributed by atoms with Crippen LogP contribution in [0, 0.1) is 0 Å². The number of hydrogen-bond acceptors (Lipinski definition) is 5. The molecule has 0 amide bonds. The number of carbonyl (C=O) groups is 1. The fourth-order valence-electron chi connectivity index (χ4n) is 1.82. The van der Waals surface area contributed by atoms with Gasteiger partial charge in [0.05, 0.1) is 13.2 Å². The van der Waals surface area contributed by atoms with Crippen LogP contribution in [-0.2, 0) is 31.5 Å². The molecule has 1 saturated heterocycles. The first-order valence-corrected chi connectivity index (χ1v) is 6.19. The predicted octanol–water partition coefficient (Wildman–Crippen LogP) is 0.978. The highest BCUT2D eigenvalue weighted by molar-refractivity contribution is 5.68. The van der Waals surface area contributed by atoms with Crippen LogP contribution >= 0.6 is 0 Å². The molecule has 1 aromatic rings. The second-order valence-electron chi connectivity index (χ2n) is 4.37. The molecule has 0 aromatic carbocycles. The van der Waals surface area contributed by atoms with E-state index in [0.717, 1.165) is 0 Å². The molecule has 6 heteroatoms. The van der Waals surface area contributed by atoms with Crippen LogP contribution in [0.15, 0.2) is 23.1 Å². The molecule has 1 aliphatic heterocycles. The van der Waals surface area contributed by atoms with Crippen LogP contribution < -0.4 is 5.56 Å². The standard InChI is InChI=1S/C13H17NO5/c1-3-12(16)17-9-14-5-4-10(8-11(14)15)13(2)18-6-7-19-13/h4-5,8H,3,6-7,9H2,1-2H3. The molecule has 0 bridgehead atoms. The average molecular weight is 267 g/mol. The van der Waals surface area contributed by atoms with E-state index >= 15 is 0 Å². The van der Waals surface area contributed by atoms with Crippen LogP contribution in [0.4, 0.5) is 0 Å². The van der Waals surface area contributed by atoms with Gasteiger partial charge in [0.15, 0.2) is 12.5 Å². The molecule has 0 aliphatic carbocycles. The van der Waals surface area contributed by atoms with Gasteiger partial charge in [0.2, 0.25) is 0 Å². The van der Waals surface area contributed by atoms with Gasteiger partial charge in [0.25, 0.3) is 5.56 Å². The van der Waals surface area contributed by atoms with Crippen LogP contribution in [0.5, 0.6) is 0 Å². The quantitative estimate of drug-likeness (QED) is 0.761. The first kappa shape index (κ1) is 13.8. The highest BCUT2D eigenvalue weighted by atomic mass is 16.7. The zero-order valence-corrected chi connectivity index (χ0v) is 11.0. The van der Waals surface area contributed by atoms with Crippen molar-refractivity contribution in [1.82, 2.24) is 4.57 Å². The molecule has 2 heterocycles. The minimum Gasteiger partial charge on any atom is -0.444 e. The summed E-state index contributed by atoms with van der Waals surface area (Å²) in [5, 5.41) is 0. The Labute approximate surface area is 110 Å². The lowest BCUT2D eigenvalue weighted by Crippen LogP contribution is -2.28. The molecule has 0 radical (unpaired) electrons. The van der Waals surface area contributed by atoms with E-state index in [1.54, 1.807) is 26.1 Å². The van der Waals surface area contributed by atoms with Crippen molar-refractivity contribution in [1.29, 1.82) is 0 Å². The SMILES string of the molecule is CCC(=O)OCn1ccc(C2(C)OCCO2)cc1=O. The van der Waals surface area contributed by atoms with Crippen molar-refractivity contribution < 1.29 is 19.0 Å². The minimum absolute atomic E-state index is 0.0792. The van der Waals surface area contributed by atoms with E-state index in [1.807, 2.05) is 0 Å². The third-order valence-corrected chi connectivity index (χ3v) is 3.01. The first-order chi connectivity index (χ1) is 9.05. The van der Waals surface area contributed by atoms with Crippen molar-refractivity contribution in [3.8, 4) is 0 Å². The Morgan fingerprint density at radius 2 is 2.16 bits per heavy atom. The van der Waals surface area contributed by atoms with Gasteiger partial charge in [-0.1, -0.05) is 6.92 Å². The van der Waals surface area contributed by atoms with E-state index in [0.29, 0.717) is 18.8 Å². The summed E-state index contributed by atoms with van der Waals surface area (Å²) in [6, 6.07) is 3.16. The number of pyridine rings is 1. The average Bonchev–Trinajstić information content (AvgIpc) is 2.85. The molecule has 2 rings (SSSR count). The number of carbonyl (C=O) groups excluding carboxylic acids is 1. The molecule has 6 nitrogen and oxygen atoms in total. The van der Waals surface area contributed by atoms with Crippen LogP contribution in [-0.4, -0.2) is 23.8 Å². The number of hydrogen-bond donors (Lipinski definition) is 0. The highest BCUT2D eigenvalue weighted by Crippen LogP contribution is 2.29. The summed E-state index contributed by atoms with van der Waals surface area (Å²) in [7, 11) is 0. The third kappa shape index (κ3) is 3.02. The minimum atomic E-state index is -0.863. The van der Waals surface area contributed by atoms with Crippen molar-refractivity contribution in [2.75, 3.05) is 13.2 Å². The Kier molecular flexibility index (Phi) is 4.01. The zero-order chi connectivity index (χ0) is 13.9. The Balaban J connectivity index is 2.13. The summed E-state index contributed by atoms with van der Waals surface area (Å²) < 4.78 is 17.2. The summed E-state index contributed by atoms with van der Waals surface area (Å²) in [4.78, 5) is 22.9. The number of nitrogens with zero attached hydrogens (tertiary/aromatic N) is 1. The number of aromatic nitrogens is 1. The molecule has 0 saturated carbocycles. The van der Waals surface area contributed by atoms with Crippen LogP contribution in [0.1, 0.15) is 25.8 Å². The largest absolute Gasteiger partial charge is 0.444 e. The molecular formula is C13H17NO5. The van der Waals surface area contributed by atoms with Gasteiger partial charge >= 0.3 is 5.97 Å². The topological polar surface area (TPSA) is 66.8 Å². The smallest absolute Gasteiger partial charge is 0.307 e. The third-order valence-electron chi connectivity index (χ3n) is 3.01. The molecule has 1 fully saturated rings. The number of ether oxygens (including phenoxy) is 3. The fraction of sp³-hybridized carbons (Fsp3) is 0.538. The van der Waals surface area contributed by atoms with E-state index < -0.39 is 5.79 Å². The van der Waals surface area contributed by atoms with Crippen molar-refractivity contribution in [3.05, 3.63) is 34.2 Å². The van der Waals surface area contributed by atoms with Gasteiger partial charge < -0.3 is 14.2 Å². The van der Waals surface area contributed by atoms with Crippen molar-refractivity contribution in [2.24, 2.45) is 0 Å². The molecule has 0 N–H and O–H groups in total. The van der Waals surface area contributed by atoms with Gasteiger partial charge in [-0.3, -0.25) is 14.2 Å². The summed E-state index contributed by atoms with van der Waals surface area (Å²) in [6.07, 6.45) is 1.85. The van der Waals surface area contributed by atoms with Gasteiger partial charge in [0.1, 0.15) is 0 Å². The second-order valence-corrected chi connectivity index (χ2v) is 4.37. The molecule has 1 aromatic heterocycles. The molecule has 0 spiro atoms. The summed E-state index contributed by atoms with van der Waals surface area (Å²) in [6.45, 7) is 4.41. The van der Waals surface area contributed by atoms with Crippen molar-refractivity contribution >= 4 is 5.97 Å². The monoisotopic (exact) mass is 267 g/mol. The lowest BCUT2D eigenvalue weighted by atomic mass is 10.1. The van der Waals surface area contributed by atoms with Gasteiger partial charge in [-0.2, -0.15) is 0 Å². The summed E-state index contributed by atoms with van der Waals surface area (Å²) in [5.41, 5.74) is 0.398. The molecule has 0 unspecified atom stereocenters. The normalized spacial score (nSPS) is 17.4. The maximum atomic E-state index is 11.9. The highest BCUT2D eigenvalue weighted by Gasteiger charge is 2.33. The van der Waals surface area contributed by atoms with Gasteiger partial charge in [-0.05, 0) is 13.0 Å². The molecule has 104 valence electrons. The number of esters is 1. The summed E-state index contributed by atoms with van der Waals surface area (Å²) in [5.74, 6) is -1.20. The summed E-state index contributed by atoms with van der Waals surface area (Å²) >= 11 is 0. The van der Waals surface area contributed by atoms with Gasteiger partial charge in [-0.15, -0.1) is 0 Å². The van der Waals surface area contributed by atoms with Crippen LogP contribution in [0.2, 0.25) is 0 Å². The van der Waals surface area contributed by atoms with E-state index in [1.165, 1.54) is 10.6 Å². The maximum absolute atomic E-state index is 11.9. The van der Waals surface area contributed by atoms with Gasteiger partial charge in [0, 0.05) is 24.2 Å². The second kappa shape index (κ2) is 5.54. The zero-order valence-electron chi connectivity index (χ0n) is 11.0. The maximum Gasteiger partial charge on any atom is 0.307 e. The van der Waals surface area contributed by atoms with Gasteiger partial charge in [-0.25, -0.2) is 0 Å². The fourth-order valence-corrected chi connectivity index (χ4v) is 1.82. The lowest BCUT2D eigenvalue weighted by Gasteiger charge is -2.22. The van der Waals surface area contributed by atoms with E-state index in [2.05, 4.69) is 0 Å². The van der Waals surface area contributed by atoms with E-state index in [4.69, 9.17) is 14.2 Å². The predicted molar refractivity (Wildman–Crippen MR) is 66.3 cm³/mol. The number of rotatable bonds is 4. The van der Waals surface area contributed by atoms with E-state index in [9.17, 15) is 9.59 Å². The lowest BCUT2D eigenvalue weighted by molar-refractivity contribution is -0.150. The van der Waals surface area contributed by atoms with Crippen molar-refractivity contribution in [3.63, 3.8) is 0 Å². The Bertz CT molecular complexity index is 516. The van der Waals surface area contributed by atoms with Crippen LogP contribution in [0.25, 0.3) is 0 Å². The Morgan fingerprint density at radius 1 is 1.47 bits per heavy atom. The molecule has 1 aliphatic rings. The van der Waals surface area contributed by atoms with Crippen molar-refractivity contribution in [2.45, 2.75) is 32.8 Å². The van der Waals surface area contributed by atoms with E-state index in [-0.39, 0.29) is 24.7 Å². The Hall–Kier alpha value is -1.66. The molecule has 0 atom stereocenters.